The van der Waals surface area contributed by atoms with Crippen LogP contribution in [0.15, 0.2) is 59.6 Å². The van der Waals surface area contributed by atoms with E-state index in [9.17, 15) is 4.79 Å². The number of nitrogens with one attached hydrogen (secondary N) is 2. The number of amides is 1. The molecule has 2 N–H and O–H groups in total. The highest BCUT2D eigenvalue weighted by atomic mass is 35.5. The van der Waals surface area contributed by atoms with E-state index >= 15 is 0 Å². The van der Waals surface area contributed by atoms with Crippen LogP contribution in [0.1, 0.15) is 22.9 Å². The van der Waals surface area contributed by atoms with Crippen molar-refractivity contribution in [1.82, 2.24) is 4.68 Å². The van der Waals surface area contributed by atoms with E-state index < -0.39 is 0 Å². The molecule has 0 saturated heterocycles. The summed E-state index contributed by atoms with van der Waals surface area (Å²) in [5.74, 6) is 0.712. The third-order valence-corrected chi connectivity index (χ3v) is 6.83. The maximum absolute atomic E-state index is 13.3. The number of benzene rings is 2. The van der Waals surface area contributed by atoms with Crippen LogP contribution >= 0.6 is 23.4 Å². The fourth-order valence-electron chi connectivity index (χ4n) is 3.39. The van der Waals surface area contributed by atoms with Crippen LogP contribution in [0.5, 0.6) is 5.75 Å². The summed E-state index contributed by atoms with van der Waals surface area (Å²) in [6.45, 7) is 3.94. The standard InChI is InChI=1S/C22H22ClN3O2S/c1-13-7-12-19-26(13)25-20(15-8-10-16(28-3)11-9-15)21(29-19)22(27)24-18-6-4-5-17(23)14(18)2/h4-12,20-21,25H,1-3H3,(H,24,27). The lowest BCUT2D eigenvalue weighted by Crippen LogP contribution is -2.41. The van der Waals surface area contributed by atoms with E-state index in [1.165, 1.54) is 0 Å². The van der Waals surface area contributed by atoms with Crippen LogP contribution in [0, 0.1) is 13.8 Å². The zero-order chi connectivity index (χ0) is 20.5. The highest BCUT2D eigenvalue weighted by Crippen LogP contribution is 2.39. The van der Waals surface area contributed by atoms with Crippen molar-refractivity contribution in [3.8, 4) is 5.75 Å². The molecule has 1 amide bonds. The number of anilines is 1. The van der Waals surface area contributed by atoms with Crippen molar-refractivity contribution in [3.05, 3.63) is 76.4 Å². The fourth-order valence-corrected chi connectivity index (χ4v) is 4.79. The number of hydrogen-bond acceptors (Lipinski definition) is 4. The van der Waals surface area contributed by atoms with Gasteiger partial charge >= 0.3 is 0 Å². The number of thioether (sulfide) groups is 1. The minimum atomic E-state index is -0.358. The zero-order valence-electron chi connectivity index (χ0n) is 16.4. The number of nitrogens with zero attached hydrogens (tertiary/aromatic N) is 1. The maximum Gasteiger partial charge on any atom is 0.240 e. The molecule has 1 aliphatic heterocycles. The molecule has 1 aromatic heterocycles. The molecule has 2 atom stereocenters. The summed E-state index contributed by atoms with van der Waals surface area (Å²) in [5, 5.41) is 4.35. The number of hydrogen-bond donors (Lipinski definition) is 2. The molecule has 0 bridgehead atoms. The first-order chi connectivity index (χ1) is 14.0. The lowest BCUT2D eigenvalue weighted by Gasteiger charge is -2.34. The number of fused-ring (bicyclic) bond motifs is 1. The van der Waals surface area contributed by atoms with Gasteiger partial charge in [0, 0.05) is 16.4 Å². The quantitative estimate of drug-likeness (QED) is 0.603. The lowest BCUT2D eigenvalue weighted by atomic mass is 10.0. The van der Waals surface area contributed by atoms with E-state index in [0.29, 0.717) is 5.02 Å². The second-order valence-electron chi connectivity index (χ2n) is 6.97. The van der Waals surface area contributed by atoms with Crippen LogP contribution < -0.4 is 15.5 Å². The maximum atomic E-state index is 13.3. The Kier molecular flexibility index (Phi) is 5.48. The smallest absolute Gasteiger partial charge is 0.240 e. The molecule has 2 aromatic carbocycles. The molecule has 0 saturated carbocycles. The van der Waals surface area contributed by atoms with Crippen LogP contribution in [0.4, 0.5) is 5.69 Å². The molecule has 150 valence electrons. The van der Waals surface area contributed by atoms with E-state index in [-0.39, 0.29) is 17.2 Å². The Balaban J connectivity index is 1.67. The van der Waals surface area contributed by atoms with Gasteiger partial charge in [-0.05, 0) is 61.4 Å². The van der Waals surface area contributed by atoms with E-state index in [1.54, 1.807) is 18.9 Å². The number of methoxy groups -OCH3 is 1. The molecule has 2 unspecified atom stereocenters. The summed E-state index contributed by atoms with van der Waals surface area (Å²) in [6.07, 6.45) is 0. The molecule has 0 aliphatic carbocycles. The van der Waals surface area contributed by atoms with Gasteiger partial charge in [0.15, 0.2) is 0 Å². The minimum absolute atomic E-state index is 0.0706. The summed E-state index contributed by atoms with van der Waals surface area (Å²) in [6, 6.07) is 17.2. The van der Waals surface area contributed by atoms with Gasteiger partial charge in [-0.2, -0.15) is 0 Å². The van der Waals surface area contributed by atoms with Crippen LogP contribution in [0.2, 0.25) is 5.02 Å². The van der Waals surface area contributed by atoms with Gasteiger partial charge in [-0.15, -0.1) is 0 Å². The number of carbonyl (C=O) groups excluding carboxylic acids is 1. The number of aromatic nitrogens is 1. The Labute approximate surface area is 179 Å². The SMILES string of the molecule is COc1ccc(C2Nn3c(C)ccc3SC2C(=O)Nc2cccc(Cl)c2C)cc1. The Morgan fingerprint density at radius 1 is 1.14 bits per heavy atom. The average molecular weight is 428 g/mol. The first-order valence-electron chi connectivity index (χ1n) is 9.29. The largest absolute Gasteiger partial charge is 0.497 e. The van der Waals surface area contributed by atoms with Crippen molar-refractivity contribution in [2.24, 2.45) is 0 Å². The molecule has 29 heavy (non-hydrogen) atoms. The molecule has 2 heterocycles. The molecular weight excluding hydrogens is 406 g/mol. The normalized spacial score (nSPS) is 17.9. The van der Waals surface area contributed by atoms with Gasteiger partial charge in [-0.1, -0.05) is 41.6 Å². The topological polar surface area (TPSA) is 55.3 Å². The number of carbonyl (C=O) groups is 1. The first kappa shape index (κ1) is 19.7. The molecule has 0 radical (unpaired) electrons. The van der Waals surface area contributed by atoms with Gasteiger partial charge in [-0.3, -0.25) is 9.47 Å². The average Bonchev–Trinajstić information content (AvgIpc) is 3.10. The monoisotopic (exact) mass is 427 g/mol. The Morgan fingerprint density at radius 2 is 1.90 bits per heavy atom. The number of ether oxygens (including phenoxy) is 1. The van der Waals surface area contributed by atoms with Gasteiger partial charge in [-0.25, -0.2) is 0 Å². The van der Waals surface area contributed by atoms with Gasteiger partial charge in [0.05, 0.1) is 18.2 Å². The zero-order valence-corrected chi connectivity index (χ0v) is 18.0. The molecule has 0 fully saturated rings. The van der Waals surface area contributed by atoms with Crippen molar-refractivity contribution < 1.29 is 9.53 Å². The van der Waals surface area contributed by atoms with E-state index in [1.807, 2.05) is 73.1 Å². The second kappa shape index (κ2) is 8.05. The number of halogens is 1. The lowest BCUT2D eigenvalue weighted by molar-refractivity contribution is -0.116. The van der Waals surface area contributed by atoms with E-state index in [0.717, 1.165) is 33.3 Å². The predicted octanol–water partition coefficient (Wildman–Crippen LogP) is 5.16. The fraction of sp³-hybridized carbons (Fsp3) is 0.227. The third-order valence-electron chi connectivity index (χ3n) is 5.12. The summed E-state index contributed by atoms with van der Waals surface area (Å²) in [5.41, 5.74) is 7.21. The first-order valence-corrected chi connectivity index (χ1v) is 10.5. The van der Waals surface area contributed by atoms with Gasteiger partial charge in [0.25, 0.3) is 0 Å². The van der Waals surface area contributed by atoms with Crippen LogP contribution in [-0.2, 0) is 4.79 Å². The van der Waals surface area contributed by atoms with E-state index in [4.69, 9.17) is 16.3 Å². The third kappa shape index (κ3) is 3.82. The highest BCUT2D eigenvalue weighted by molar-refractivity contribution is 8.00. The molecule has 5 nitrogen and oxygen atoms in total. The summed E-state index contributed by atoms with van der Waals surface area (Å²) in [7, 11) is 1.64. The molecule has 3 aromatic rings. The van der Waals surface area contributed by atoms with Crippen LogP contribution in [0.3, 0.4) is 0 Å². The molecule has 1 aliphatic rings. The van der Waals surface area contributed by atoms with Crippen molar-refractivity contribution in [3.63, 3.8) is 0 Å². The van der Waals surface area contributed by atoms with Crippen molar-refractivity contribution in [2.45, 2.75) is 30.2 Å². The molecule has 7 heteroatoms. The molecule has 4 rings (SSSR count). The Bertz CT molecular complexity index is 1050. The van der Waals surface area contributed by atoms with Crippen LogP contribution in [0.25, 0.3) is 0 Å². The Morgan fingerprint density at radius 3 is 2.62 bits per heavy atom. The molecular formula is C22H22ClN3O2S. The second-order valence-corrected chi connectivity index (χ2v) is 8.54. The highest BCUT2D eigenvalue weighted by Gasteiger charge is 2.36. The number of rotatable bonds is 4. The van der Waals surface area contributed by atoms with Gasteiger partial charge < -0.3 is 15.5 Å². The number of aryl methyl sites for hydroxylation is 1. The summed E-state index contributed by atoms with van der Waals surface area (Å²) in [4.78, 5) is 13.3. The van der Waals surface area contributed by atoms with Gasteiger partial charge in [0.2, 0.25) is 5.91 Å². The van der Waals surface area contributed by atoms with Crippen molar-refractivity contribution >= 4 is 35.0 Å². The predicted molar refractivity (Wildman–Crippen MR) is 119 cm³/mol. The van der Waals surface area contributed by atoms with Crippen molar-refractivity contribution in [1.29, 1.82) is 0 Å². The molecule has 0 spiro atoms. The van der Waals surface area contributed by atoms with Crippen LogP contribution in [-0.4, -0.2) is 22.9 Å². The Hall–Kier alpha value is -2.57. The summed E-state index contributed by atoms with van der Waals surface area (Å²) < 4.78 is 7.31. The summed E-state index contributed by atoms with van der Waals surface area (Å²) >= 11 is 7.77. The van der Waals surface area contributed by atoms with E-state index in [2.05, 4.69) is 10.7 Å². The van der Waals surface area contributed by atoms with Crippen molar-refractivity contribution in [2.75, 3.05) is 17.9 Å². The minimum Gasteiger partial charge on any atom is -0.497 e. The van der Waals surface area contributed by atoms with Gasteiger partial charge in [0.1, 0.15) is 11.0 Å².